The highest BCUT2D eigenvalue weighted by Gasteiger charge is 2.26. The number of sulfone groups is 1. The van der Waals surface area contributed by atoms with E-state index in [-0.39, 0.29) is 15.2 Å². The number of nitrogens with zero attached hydrogens (tertiary/aromatic N) is 3. The molecule has 0 atom stereocenters. The van der Waals surface area contributed by atoms with Crippen LogP contribution < -0.4 is 0 Å². The van der Waals surface area contributed by atoms with E-state index in [0.717, 1.165) is 62.6 Å². The van der Waals surface area contributed by atoms with E-state index in [1.807, 2.05) is 6.07 Å². The molecule has 0 radical (unpaired) electrons. The maximum absolute atomic E-state index is 13.5. The minimum Gasteiger partial charge on any atom is -0.381 e. The van der Waals surface area contributed by atoms with Gasteiger partial charge in [-0.25, -0.2) is 18.4 Å². The van der Waals surface area contributed by atoms with Crippen LogP contribution in [-0.4, -0.2) is 36.2 Å². The number of imidazole rings is 1. The van der Waals surface area contributed by atoms with Crippen LogP contribution in [0.5, 0.6) is 0 Å². The van der Waals surface area contributed by atoms with Crippen LogP contribution in [0.2, 0.25) is 0 Å². The number of fused-ring (bicyclic) bond motifs is 1. The Morgan fingerprint density at radius 2 is 1.84 bits per heavy atom. The lowest BCUT2D eigenvalue weighted by Crippen LogP contribution is -2.21. The Kier molecular flexibility index (Phi) is 5.87. The number of hydrogen-bond acceptors (Lipinski definition) is 5. The largest absolute Gasteiger partial charge is 0.381 e. The number of rotatable bonds is 5. The number of aryl methyl sites for hydroxylation is 1. The molecule has 0 spiro atoms. The molecular weight excluding hydrogens is 417 g/mol. The fourth-order valence-electron chi connectivity index (χ4n) is 4.11. The van der Waals surface area contributed by atoms with Crippen molar-refractivity contribution < 1.29 is 17.5 Å². The summed E-state index contributed by atoms with van der Waals surface area (Å²) in [5, 5.41) is 0. The smallest absolute Gasteiger partial charge is 0.214 e. The molecule has 2 aromatic heterocycles. The second kappa shape index (κ2) is 8.31. The van der Waals surface area contributed by atoms with Gasteiger partial charge in [0.2, 0.25) is 15.8 Å². The minimum absolute atomic E-state index is 0.0974. The maximum atomic E-state index is 13.5. The summed E-state index contributed by atoms with van der Waals surface area (Å²) in [4.78, 5) is 8.24. The van der Waals surface area contributed by atoms with E-state index in [9.17, 15) is 12.8 Å². The van der Waals surface area contributed by atoms with E-state index in [1.54, 1.807) is 12.1 Å². The zero-order valence-corrected chi connectivity index (χ0v) is 19.0. The van der Waals surface area contributed by atoms with Crippen molar-refractivity contribution in [2.45, 2.75) is 61.8 Å². The first kappa shape index (κ1) is 21.9. The van der Waals surface area contributed by atoms with E-state index in [2.05, 4.69) is 30.3 Å². The van der Waals surface area contributed by atoms with Crippen molar-refractivity contribution in [1.29, 1.82) is 0 Å². The Bertz CT molecular complexity index is 1190. The predicted octanol–water partition coefficient (Wildman–Crippen LogP) is 4.52. The van der Waals surface area contributed by atoms with Gasteiger partial charge < -0.3 is 9.30 Å². The lowest BCUT2D eigenvalue weighted by molar-refractivity contribution is 0.0625. The summed E-state index contributed by atoms with van der Waals surface area (Å²) in [5.74, 6) is 0.730. The van der Waals surface area contributed by atoms with Crippen molar-refractivity contribution in [3.63, 3.8) is 0 Å². The molecule has 166 valence electrons. The summed E-state index contributed by atoms with van der Waals surface area (Å²) in [6.07, 6.45) is 4.34. The monoisotopic (exact) mass is 445 g/mol. The predicted molar refractivity (Wildman–Crippen MR) is 116 cm³/mol. The summed E-state index contributed by atoms with van der Waals surface area (Å²) in [6.45, 7) is 8.79. The third-order valence-corrected chi connectivity index (χ3v) is 7.56. The number of ether oxygens (including phenoxy) is 1. The molecule has 0 N–H and O–H groups in total. The summed E-state index contributed by atoms with van der Waals surface area (Å²) in [6, 6.07) is 7.21. The van der Waals surface area contributed by atoms with Crippen LogP contribution in [0.15, 0.2) is 46.3 Å². The quantitative estimate of drug-likeness (QED) is 0.540. The molecule has 1 saturated heterocycles. The van der Waals surface area contributed by atoms with Crippen molar-refractivity contribution in [1.82, 2.24) is 14.5 Å². The number of benzene rings is 1. The normalized spacial score (nSPS) is 16.1. The molecule has 1 aliphatic rings. The first-order valence-corrected chi connectivity index (χ1v) is 12.1. The first-order chi connectivity index (χ1) is 14.7. The second-order valence-corrected chi connectivity index (χ2v) is 11.1. The fourth-order valence-corrected chi connectivity index (χ4v) is 5.39. The van der Waals surface area contributed by atoms with Gasteiger partial charge in [0.25, 0.3) is 0 Å². The highest BCUT2D eigenvalue weighted by atomic mass is 32.2. The van der Waals surface area contributed by atoms with E-state index in [1.165, 1.54) is 6.07 Å². The summed E-state index contributed by atoms with van der Waals surface area (Å²) >= 11 is 0. The Balaban J connectivity index is 1.73. The van der Waals surface area contributed by atoms with Crippen LogP contribution in [0.1, 0.15) is 45.9 Å². The second-order valence-electron chi connectivity index (χ2n) is 9.15. The first-order valence-electron chi connectivity index (χ1n) is 10.6. The topological polar surface area (TPSA) is 74.1 Å². The average Bonchev–Trinajstić information content (AvgIpc) is 3.11. The molecule has 4 rings (SSSR count). The molecule has 6 nitrogen and oxygen atoms in total. The molecule has 1 aliphatic heterocycles. The van der Waals surface area contributed by atoms with Gasteiger partial charge in [0.1, 0.15) is 5.82 Å². The van der Waals surface area contributed by atoms with Crippen LogP contribution in [0.3, 0.4) is 0 Å². The Morgan fingerprint density at radius 3 is 2.52 bits per heavy atom. The van der Waals surface area contributed by atoms with Crippen molar-refractivity contribution in [3.8, 4) is 0 Å². The van der Waals surface area contributed by atoms with Gasteiger partial charge in [-0.2, -0.15) is 4.39 Å². The number of hydrogen-bond donors (Lipinski definition) is 0. The summed E-state index contributed by atoms with van der Waals surface area (Å²) in [5.41, 5.74) is 1.35. The molecule has 31 heavy (non-hydrogen) atoms. The van der Waals surface area contributed by atoms with E-state index >= 15 is 0 Å². The Morgan fingerprint density at radius 1 is 1.13 bits per heavy atom. The van der Waals surface area contributed by atoms with Gasteiger partial charge in [-0.3, -0.25) is 0 Å². The standard InChI is InChI=1S/C23H28FN3O3S/c1-23(2,3)22-26-19-14-17(31(28,29)18-6-10-25-21(24)15-18)4-5-20(19)27(22)11-7-16-8-12-30-13-9-16/h4-6,10,14-16H,7-9,11-13H2,1-3H3. The van der Waals surface area contributed by atoms with E-state index < -0.39 is 15.8 Å². The zero-order valence-electron chi connectivity index (χ0n) is 18.1. The molecule has 3 aromatic rings. The highest BCUT2D eigenvalue weighted by molar-refractivity contribution is 7.91. The fraction of sp³-hybridized carbons (Fsp3) is 0.478. The van der Waals surface area contributed by atoms with Crippen LogP contribution in [-0.2, 0) is 26.5 Å². The molecule has 3 heterocycles. The molecule has 8 heteroatoms. The molecule has 0 amide bonds. The van der Waals surface area contributed by atoms with E-state index in [4.69, 9.17) is 9.72 Å². The van der Waals surface area contributed by atoms with Gasteiger partial charge in [-0.1, -0.05) is 20.8 Å². The van der Waals surface area contributed by atoms with Crippen molar-refractivity contribution in [3.05, 3.63) is 48.3 Å². The summed E-state index contributed by atoms with van der Waals surface area (Å²) in [7, 11) is -3.86. The molecule has 0 unspecified atom stereocenters. The molecule has 1 fully saturated rings. The maximum Gasteiger partial charge on any atom is 0.214 e. The third kappa shape index (κ3) is 4.50. The van der Waals surface area contributed by atoms with E-state index in [0.29, 0.717) is 11.4 Å². The van der Waals surface area contributed by atoms with Crippen molar-refractivity contribution in [2.24, 2.45) is 5.92 Å². The Hall–Kier alpha value is -2.32. The number of aromatic nitrogens is 3. The number of halogens is 1. The van der Waals surface area contributed by atoms with Gasteiger partial charge >= 0.3 is 0 Å². The molecule has 0 aliphatic carbocycles. The SMILES string of the molecule is CC(C)(C)c1nc2cc(S(=O)(=O)c3ccnc(F)c3)ccc2n1CCC1CCOCC1. The van der Waals surface area contributed by atoms with Gasteiger partial charge in [0.05, 0.1) is 20.8 Å². The van der Waals surface area contributed by atoms with Crippen LogP contribution in [0.25, 0.3) is 11.0 Å². The average molecular weight is 446 g/mol. The lowest BCUT2D eigenvalue weighted by atomic mass is 9.94. The van der Waals surface area contributed by atoms with Crippen molar-refractivity contribution >= 4 is 20.9 Å². The van der Waals surface area contributed by atoms with Gasteiger partial charge in [0, 0.05) is 37.4 Å². The van der Waals surface area contributed by atoms with Gasteiger partial charge in [-0.05, 0) is 49.4 Å². The third-order valence-electron chi connectivity index (χ3n) is 5.81. The number of pyridine rings is 1. The molecule has 0 saturated carbocycles. The van der Waals surface area contributed by atoms with Gasteiger partial charge in [0.15, 0.2) is 0 Å². The van der Waals surface area contributed by atoms with Crippen molar-refractivity contribution in [2.75, 3.05) is 13.2 Å². The summed E-state index contributed by atoms with van der Waals surface area (Å²) < 4.78 is 47.2. The minimum atomic E-state index is -3.86. The zero-order chi connectivity index (χ0) is 22.2. The lowest BCUT2D eigenvalue weighted by Gasteiger charge is -2.24. The van der Waals surface area contributed by atoms with Gasteiger partial charge in [-0.15, -0.1) is 0 Å². The highest BCUT2D eigenvalue weighted by Crippen LogP contribution is 2.31. The molecular formula is C23H28FN3O3S. The Labute approximate surface area is 182 Å². The van der Waals surface area contributed by atoms with Crippen LogP contribution in [0, 0.1) is 11.9 Å². The van der Waals surface area contributed by atoms with Crippen LogP contribution in [0.4, 0.5) is 4.39 Å². The van der Waals surface area contributed by atoms with Crippen LogP contribution >= 0.6 is 0 Å². The molecule has 0 bridgehead atoms. The molecule has 1 aromatic carbocycles.